The number of carbonyl (C=O) groups excluding carboxylic acids is 1. The number of halogens is 3. The summed E-state index contributed by atoms with van der Waals surface area (Å²) in [6.07, 6.45) is 1.28. The lowest BCUT2D eigenvalue weighted by Crippen LogP contribution is -2.11. The summed E-state index contributed by atoms with van der Waals surface area (Å²) < 4.78 is 51.4. The van der Waals surface area contributed by atoms with Crippen molar-refractivity contribution in [3.05, 3.63) is 60.1 Å². The number of carbonyl (C=O) groups is 1. The fourth-order valence-electron chi connectivity index (χ4n) is 4.64. The molecule has 35 heavy (non-hydrogen) atoms. The number of aromatic nitrogens is 4. The second-order valence-corrected chi connectivity index (χ2v) is 8.93. The summed E-state index contributed by atoms with van der Waals surface area (Å²) in [4.78, 5) is 21.2. The first-order valence-corrected chi connectivity index (χ1v) is 11.1. The van der Waals surface area contributed by atoms with Gasteiger partial charge in [0.2, 0.25) is 0 Å². The van der Waals surface area contributed by atoms with Crippen molar-refractivity contribution in [2.45, 2.75) is 25.4 Å². The highest BCUT2D eigenvalue weighted by atomic mass is 19.3. The number of pyridine rings is 1. The predicted molar refractivity (Wildman–Crippen MR) is 125 cm³/mol. The van der Waals surface area contributed by atoms with Crippen molar-refractivity contribution in [1.29, 1.82) is 0 Å². The molecule has 4 aromatic rings. The van der Waals surface area contributed by atoms with Crippen molar-refractivity contribution in [2.24, 2.45) is 24.6 Å². The molecular formula is C25H24F3N5O2. The first-order valence-electron chi connectivity index (χ1n) is 11.1. The van der Waals surface area contributed by atoms with Crippen molar-refractivity contribution in [2.75, 3.05) is 7.11 Å². The standard InChI is InChI=1S/C25H24F3N5O2/c1-5-15-16(25(15,27)28)11-33-21(8-13-6-7-18(12(2)29)30-22(13)33)23-31-19-9-14(24(34)35-4)17(26)10-20(19)32(23)3/h5-10,12,15-16H,1,11,29H2,2-4H3/t12-,15+,16-/m1/s1. The Kier molecular flexibility index (Phi) is 5.24. The van der Waals surface area contributed by atoms with Gasteiger partial charge in [-0.2, -0.15) is 0 Å². The first-order chi connectivity index (χ1) is 16.6. The topological polar surface area (TPSA) is 88.0 Å². The summed E-state index contributed by atoms with van der Waals surface area (Å²) >= 11 is 0. The molecule has 0 amide bonds. The van der Waals surface area contributed by atoms with Crippen LogP contribution in [0.5, 0.6) is 0 Å². The smallest absolute Gasteiger partial charge is 0.340 e. The summed E-state index contributed by atoms with van der Waals surface area (Å²) in [5.74, 6) is -5.87. The summed E-state index contributed by atoms with van der Waals surface area (Å²) in [7, 11) is 2.87. The van der Waals surface area contributed by atoms with Gasteiger partial charge in [-0.15, -0.1) is 6.58 Å². The van der Waals surface area contributed by atoms with Gasteiger partial charge >= 0.3 is 5.97 Å². The van der Waals surface area contributed by atoms with E-state index < -0.39 is 29.5 Å². The number of hydrogen-bond donors (Lipinski definition) is 1. The van der Waals surface area contributed by atoms with Crippen molar-refractivity contribution in [3.8, 4) is 11.5 Å². The quantitative estimate of drug-likeness (QED) is 0.320. The third-order valence-corrected chi connectivity index (χ3v) is 6.73. The van der Waals surface area contributed by atoms with E-state index in [4.69, 9.17) is 5.73 Å². The van der Waals surface area contributed by atoms with Crippen LogP contribution < -0.4 is 5.73 Å². The van der Waals surface area contributed by atoms with Crippen molar-refractivity contribution in [1.82, 2.24) is 19.1 Å². The van der Waals surface area contributed by atoms with Gasteiger partial charge in [0.1, 0.15) is 11.5 Å². The van der Waals surface area contributed by atoms with E-state index in [2.05, 4.69) is 21.3 Å². The molecule has 0 aliphatic heterocycles. The molecule has 1 fully saturated rings. The van der Waals surface area contributed by atoms with Gasteiger partial charge in [-0.05, 0) is 31.2 Å². The van der Waals surface area contributed by atoms with Gasteiger partial charge in [0.05, 0.1) is 46.9 Å². The molecule has 1 saturated carbocycles. The maximum Gasteiger partial charge on any atom is 0.340 e. The average molecular weight is 483 g/mol. The Balaban J connectivity index is 1.72. The highest BCUT2D eigenvalue weighted by Crippen LogP contribution is 2.57. The lowest BCUT2D eigenvalue weighted by atomic mass is 10.2. The van der Waals surface area contributed by atoms with Gasteiger partial charge in [0.25, 0.3) is 5.92 Å². The van der Waals surface area contributed by atoms with Gasteiger partial charge in [0.15, 0.2) is 5.82 Å². The van der Waals surface area contributed by atoms with Crippen LogP contribution in [0.2, 0.25) is 0 Å². The molecule has 0 saturated heterocycles. The van der Waals surface area contributed by atoms with Crippen LogP contribution in [0.4, 0.5) is 13.2 Å². The Morgan fingerprint density at radius 3 is 2.69 bits per heavy atom. The molecule has 182 valence electrons. The number of imidazole rings is 1. The zero-order valence-corrected chi connectivity index (χ0v) is 19.4. The minimum Gasteiger partial charge on any atom is -0.465 e. The lowest BCUT2D eigenvalue weighted by Gasteiger charge is -2.11. The molecule has 2 N–H and O–H groups in total. The minimum absolute atomic E-state index is 0.0110. The van der Waals surface area contributed by atoms with Gasteiger partial charge in [0, 0.05) is 31.1 Å². The Bertz CT molecular complexity index is 1500. The van der Waals surface area contributed by atoms with Crippen LogP contribution >= 0.6 is 0 Å². The summed E-state index contributed by atoms with van der Waals surface area (Å²) in [5.41, 5.74) is 8.26. The first kappa shape index (κ1) is 23.1. The third kappa shape index (κ3) is 3.51. The average Bonchev–Trinajstić information content (AvgIpc) is 3.07. The maximum atomic E-state index is 14.6. The fourth-order valence-corrected chi connectivity index (χ4v) is 4.64. The molecule has 0 spiro atoms. The van der Waals surface area contributed by atoms with Crippen LogP contribution in [0, 0.1) is 17.7 Å². The van der Waals surface area contributed by atoms with E-state index in [1.54, 1.807) is 29.2 Å². The van der Waals surface area contributed by atoms with Crippen LogP contribution in [0.1, 0.15) is 29.0 Å². The highest BCUT2D eigenvalue weighted by molar-refractivity contribution is 5.95. The second-order valence-electron chi connectivity index (χ2n) is 8.93. The van der Waals surface area contributed by atoms with E-state index in [0.717, 1.165) is 5.39 Å². The number of fused-ring (bicyclic) bond motifs is 2. The Morgan fingerprint density at radius 1 is 1.31 bits per heavy atom. The Labute approximate surface area is 199 Å². The molecule has 0 bridgehead atoms. The Hall–Kier alpha value is -3.66. The van der Waals surface area contributed by atoms with E-state index in [1.165, 1.54) is 25.3 Å². The summed E-state index contributed by atoms with van der Waals surface area (Å²) in [6.45, 7) is 5.33. The zero-order chi connectivity index (χ0) is 25.2. The number of alkyl halides is 2. The van der Waals surface area contributed by atoms with Crippen LogP contribution in [-0.2, 0) is 18.3 Å². The molecule has 1 aliphatic carbocycles. The van der Waals surface area contributed by atoms with E-state index in [0.29, 0.717) is 33.9 Å². The second kappa shape index (κ2) is 7.94. The highest BCUT2D eigenvalue weighted by Gasteiger charge is 2.66. The largest absolute Gasteiger partial charge is 0.465 e. The van der Waals surface area contributed by atoms with Crippen molar-refractivity contribution >= 4 is 28.0 Å². The van der Waals surface area contributed by atoms with E-state index in [9.17, 15) is 18.0 Å². The number of nitrogens with zero attached hydrogens (tertiary/aromatic N) is 4. The number of methoxy groups -OCH3 is 1. The number of rotatable bonds is 6. The van der Waals surface area contributed by atoms with Gasteiger partial charge in [-0.25, -0.2) is 27.9 Å². The summed E-state index contributed by atoms with van der Waals surface area (Å²) in [5, 5.41) is 0.733. The van der Waals surface area contributed by atoms with Crippen molar-refractivity contribution < 1.29 is 22.7 Å². The van der Waals surface area contributed by atoms with E-state index >= 15 is 0 Å². The molecule has 1 aromatic carbocycles. The molecule has 0 unspecified atom stereocenters. The maximum absolute atomic E-state index is 14.6. The molecule has 3 aromatic heterocycles. The van der Waals surface area contributed by atoms with E-state index in [-0.39, 0.29) is 18.2 Å². The fraction of sp³-hybridized carbons (Fsp3) is 0.320. The van der Waals surface area contributed by atoms with E-state index in [1.807, 2.05) is 12.1 Å². The Morgan fingerprint density at radius 2 is 2.06 bits per heavy atom. The van der Waals surface area contributed by atoms with Gasteiger partial charge < -0.3 is 19.6 Å². The number of nitrogens with two attached hydrogens (primary N) is 1. The number of ether oxygens (including phenoxy) is 1. The number of hydrogen-bond acceptors (Lipinski definition) is 5. The SMILES string of the molecule is C=C[C@H]1[C@@H](Cn2c(-c3nc4cc(C(=O)OC)c(F)cc4n3C)cc3ccc([C@@H](C)N)nc32)C1(F)F. The zero-order valence-electron chi connectivity index (χ0n) is 19.4. The van der Waals surface area contributed by atoms with Gasteiger partial charge in [-0.3, -0.25) is 0 Å². The lowest BCUT2D eigenvalue weighted by molar-refractivity contribution is 0.0595. The summed E-state index contributed by atoms with van der Waals surface area (Å²) in [6, 6.07) is 7.64. The number of aryl methyl sites for hydroxylation is 1. The predicted octanol–water partition coefficient (Wildman–Crippen LogP) is 4.60. The van der Waals surface area contributed by atoms with Crippen LogP contribution in [0.25, 0.3) is 33.6 Å². The third-order valence-electron chi connectivity index (χ3n) is 6.73. The molecular weight excluding hydrogens is 459 g/mol. The number of allylic oxidation sites excluding steroid dienone is 1. The number of benzene rings is 1. The normalized spacial score (nSPS) is 19.7. The number of esters is 1. The molecule has 3 atom stereocenters. The molecule has 3 heterocycles. The minimum atomic E-state index is -2.86. The molecule has 7 nitrogen and oxygen atoms in total. The molecule has 1 aliphatic rings. The molecule has 0 radical (unpaired) electrons. The monoisotopic (exact) mass is 483 g/mol. The van der Waals surface area contributed by atoms with Crippen molar-refractivity contribution in [3.63, 3.8) is 0 Å². The van der Waals surface area contributed by atoms with Crippen LogP contribution in [-0.4, -0.2) is 38.1 Å². The molecule has 5 rings (SSSR count). The van der Waals surface area contributed by atoms with Gasteiger partial charge in [-0.1, -0.05) is 6.08 Å². The van der Waals surface area contributed by atoms with Crippen LogP contribution in [0.3, 0.4) is 0 Å². The molecule has 10 heteroatoms. The van der Waals surface area contributed by atoms with Crippen LogP contribution in [0.15, 0.2) is 43.0 Å².